The fraction of sp³-hybridized carbons (Fsp3) is 0.879. The molecule has 0 radical (unpaired) electrons. The van der Waals surface area contributed by atoms with Crippen LogP contribution in [-0.4, -0.2) is 36.2 Å². The standard InChI is InChI=1S/C33H56N2O4/c1-22(2)7-6-8-23(3)27-11-12-28-26-10-9-24-21-25(39-35-20-15-30(36)34-19-16-31(37)38)13-17-32(24,4)29(26)14-18-33(27,28)5/h9,22-23,25-29,35H,6-8,10-21H2,1-5H3,(H,34,36)(H,37,38)/t23-,25?,26?,27-,28?,29?,32+,33-/m1/s1. The zero-order chi connectivity index (χ0) is 28.2. The van der Waals surface area contributed by atoms with E-state index >= 15 is 0 Å². The topological polar surface area (TPSA) is 87.7 Å². The van der Waals surface area contributed by atoms with E-state index in [1.807, 2.05) is 0 Å². The minimum atomic E-state index is -0.902. The van der Waals surface area contributed by atoms with E-state index in [9.17, 15) is 9.59 Å². The number of carboxylic acid groups (broad SMARTS) is 1. The summed E-state index contributed by atoms with van der Waals surface area (Å²) in [5.74, 6) is 4.09. The van der Waals surface area contributed by atoms with Crippen LogP contribution in [0.3, 0.4) is 0 Å². The summed E-state index contributed by atoms with van der Waals surface area (Å²) in [6.07, 6.45) is 17.4. The van der Waals surface area contributed by atoms with Crippen molar-refractivity contribution >= 4 is 11.9 Å². The molecule has 0 bridgehead atoms. The molecule has 0 spiro atoms. The number of allylic oxidation sites excluding steroid dienone is 1. The normalized spacial score (nSPS) is 36.5. The molecular formula is C33H56N2O4. The zero-order valence-corrected chi connectivity index (χ0v) is 25.4. The third-order valence-corrected chi connectivity index (χ3v) is 11.6. The van der Waals surface area contributed by atoms with E-state index in [0.29, 0.717) is 17.4 Å². The van der Waals surface area contributed by atoms with E-state index < -0.39 is 5.97 Å². The Morgan fingerprint density at radius 2 is 1.82 bits per heavy atom. The molecule has 4 unspecified atom stereocenters. The maximum Gasteiger partial charge on any atom is 0.305 e. The van der Waals surface area contributed by atoms with Gasteiger partial charge in [0, 0.05) is 19.5 Å². The van der Waals surface area contributed by atoms with Gasteiger partial charge in [-0.2, -0.15) is 0 Å². The number of hydroxylamine groups is 1. The van der Waals surface area contributed by atoms with Crippen LogP contribution in [0.25, 0.3) is 0 Å². The van der Waals surface area contributed by atoms with E-state index in [1.165, 1.54) is 57.8 Å². The first-order valence-corrected chi connectivity index (χ1v) is 16.1. The molecule has 222 valence electrons. The molecule has 0 heterocycles. The summed E-state index contributed by atoms with van der Waals surface area (Å²) >= 11 is 0. The lowest BCUT2D eigenvalue weighted by Crippen LogP contribution is -2.51. The van der Waals surface area contributed by atoms with E-state index in [0.717, 1.165) is 48.3 Å². The number of aliphatic carboxylic acids is 1. The van der Waals surface area contributed by atoms with Crippen LogP contribution < -0.4 is 10.8 Å². The van der Waals surface area contributed by atoms with Crippen LogP contribution in [0.15, 0.2) is 11.6 Å². The minimum absolute atomic E-state index is 0.0500. The predicted molar refractivity (Wildman–Crippen MR) is 156 cm³/mol. The van der Waals surface area contributed by atoms with Crippen LogP contribution in [0.5, 0.6) is 0 Å². The fourth-order valence-corrected chi connectivity index (χ4v) is 9.49. The number of fused-ring (bicyclic) bond motifs is 5. The lowest BCUT2D eigenvalue weighted by Gasteiger charge is -2.58. The molecule has 4 rings (SSSR count). The van der Waals surface area contributed by atoms with Crippen molar-refractivity contribution in [1.29, 1.82) is 0 Å². The average Bonchev–Trinajstić information content (AvgIpc) is 3.23. The molecule has 1 amide bonds. The molecule has 3 N–H and O–H groups in total. The molecule has 0 aliphatic heterocycles. The molecule has 6 heteroatoms. The second-order valence-corrected chi connectivity index (χ2v) is 14.4. The Morgan fingerprint density at radius 3 is 2.56 bits per heavy atom. The Bertz CT molecular complexity index is 887. The smallest absolute Gasteiger partial charge is 0.305 e. The maximum atomic E-state index is 11.9. The highest BCUT2D eigenvalue weighted by molar-refractivity contribution is 5.76. The van der Waals surface area contributed by atoms with Crippen LogP contribution in [0.2, 0.25) is 0 Å². The Kier molecular flexibility index (Phi) is 10.2. The molecular weight excluding hydrogens is 488 g/mol. The van der Waals surface area contributed by atoms with Gasteiger partial charge in [0.1, 0.15) is 0 Å². The summed E-state index contributed by atoms with van der Waals surface area (Å²) in [4.78, 5) is 28.5. The number of carboxylic acids is 1. The highest BCUT2D eigenvalue weighted by Crippen LogP contribution is 2.67. The first-order chi connectivity index (χ1) is 18.5. The molecule has 8 atom stereocenters. The molecule has 0 aromatic heterocycles. The van der Waals surface area contributed by atoms with E-state index in [-0.39, 0.29) is 31.4 Å². The SMILES string of the molecule is CC(C)CCC[C@@H](C)[C@H]1CCC2C3CC=C4CC(ONCCC(=O)NCCC(=O)O)CC[C@]4(C)C3CC[C@@]21C. The third-order valence-electron chi connectivity index (χ3n) is 11.6. The van der Waals surface area contributed by atoms with Crippen molar-refractivity contribution in [3.63, 3.8) is 0 Å². The molecule has 39 heavy (non-hydrogen) atoms. The van der Waals surface area contributed by atoms with Gasteiger partial charge in [0.2, 0.25) is 5.91 Å². The maximum absolute atomic E-state index is 11.9. The second kappa shape index (κ2) is 13.1. The molecule has 3 saturated carbocycles. The molecule has 0 saturated heterocycles. The Balaban J connectivity index is 1.28. The highest BCUT2D eigenvalue weighted by Gasteiger charge is 2.59. The average molecular weight is 545 g/mol. The first kappa shape index (κ1) is 30.6. The van der Waals surface area contributed by atoms with Crippen LogP contribution in [0.1, 0.15) is 118 Å². The van der Waals surface area contributed by atoms with Gasteiger partial charge in [0.25, 0.3) is 0 Å². The third kappa shape index (κ3) is 6.92. The van der Waals surface area contributed by atoms with Crippen molar-refractivity contribution in [3.05, 3.63) is 11.6 Å². The number of nitrogens with one attached hydrogen (secondary N) is 2. The van der Waals surface area contributed by atoms with Crippen LogP contribution in [0, 0.1) is 46.3 Å². The summed E-state index contributed by atoms with van der Waals surface area (Å²) < 4.78 is 0. The number of amides is 1. The quantitative estimate of drug-likeness (QED) is 0.133. The second-order valence-electron chi connectivity index (χ2n) is 14.4. The van der Waals surface area contributed by atoms with Gasteiger partial charge in [-0.15, -0.1) is 0 Å². The summed E-state index contributed by atoms with van der Waals surface area (Å²) in [5, 5.41) is 11.3. The van der Waals surface area contributed by atoms with Crippen molar-refractivity contribution in [1.82, 2.24) is 10.8 Å². The lowest BCUT2D eigenvalue weighted by atomic mass is 9.47. The van der Waals surface area contributed by atoms with Gasteiger partial charge < -0.3 is 10.4 Å². The van der Waals surface area contributed by atoms with E-state index in [1.54, 1.807) is 5.57 Å². The number of hydrogen-bond acceptors (Lipinski definition) is 4. The minimum Gasteiger partial charge on any atom is -0.481 e. The summed E-state index contributed by atoms with van der Waals surface area (Å²) in [7, 11) is 0. The number of rotatable bonds is 13. The summed E-state index contributed by atoms with van der Waals surface area (Å²) in [5.41, 5.74) is 5.48. The van der Waals surface area contributed by atoms with Gasteiger partial charge in [-0.3, -0.25) is 14.4 Å². The number of carbonyl (C=O) groups excluding carboxylic acids is 1. The molecule has 3 fully saturated rings. The monoisotopic (exact) mass is 544 g/mol. The molecule has 0 aromatic carbocycles. The van der Waals surface area contributed by atoms with Crippen molar-refractivity contribution in [2.75, 3.05) is 13.1 Å². The van der Waals surface area contributed by atoms with Crippen molar-refractivity contribution in [2.24, 2.45) is 46.3 Å². The predicted octanol–water partition coefficient (Wildman–Crippen LogP) is 6.90. The van der Waals surface area contributed by atoms with Crippen LogP contribution in [-0.2, 0) is 14.4 Å². The Hall–Kier alpha value is -1.40. The van der Waals surface area contributed by atoms with Gasteiger partial charge in [0.15, 0.2) is 0 Å². The van der Waals surface area contributed by atoms with Crippen molar-refractivity contribution in [3.8, 4) is 0 Å². The molecule has 4 aliphatic rings. The highest BCUT2D eigenvalue weighted by atomic mass is 16.7. The Labute approximate surface area is 237 Å². The summed E-state index contributed by atoms with van der Waals surface area (Å²) in [6.45, 7) is 13.1. The number of hydrogen-bond donors (Lipinski definition) is 3. The van der Waals surface area contributed by atoms with Gasteiger partial charge in [-0.05, 0) is 97.7 Å². The molecule has 4 aliphatic carbocycles. The van der Waals surface area contributed by atoms with Crippen LogP contribution >= 0.6 is 0 Å². The molecule has 6 nitrogen and oxygen atoms in total. The van der Waals surface area contributed by atoms with Gasteiger partial charge in [-0.1, -0.05) is 65.5 Å². The van der Waals surface area contributed by atoms with E-state index in [4.69, 9.17) is 9.94 Å². The van der Waals surface area contributed by atoms with Crippen molar-refractivity contribution < 1.29 is 19.5 Å². The summed E-state index contributed by atoms with van der Waals surface area (Å²) in [6, 6.07) is 0. The number of carbonyl (C=O) groups is 2. The largest absolute Gasteiger partial charge is 0.481 e. The Morgan fingerprint density at radius 1 is 1.03 bits per heavy atom. The molecule has 0 aromatic rings. The zero-order valence-electron chi connectivity index (χ0n) is 25.4. The fourth-order valence-electron chi connectivity index (χ4n) is 9.49. The lowest BCUT2D eigenvalue weighted by molar-refractivity contribution is -0.136. The van der Waals surface area contributed by atoms with Gasteiger partial charge in [-0.25, -0.2) is 5.48 Å². The van der Waals surface area contributed by atoms with E-state index in [2.05, 4.69) is 51.5 Å². The van der Waals surface area contributed by atoms with Crippen molar-refractivity contribution in [2.45, 2.75) is 124 Å². The van der Waals surface area contributed by atoms with Gasteiger partial charge >= 0.3 is 5.97 Å². The van der Waals surface area contributed by atoms with Gasteiger partial charge in [0.05, 0.1) is 12.5 Å². The van der Waals surface area contributed by atoms with Crippen LogP contribution in [0.4, 0.5) is 0 Å². The first-order valence-electron chi connectivity index (χ1n) is 16.1.